The second-order valence-electron chi connectivity index (χ2n) is 4.96. The van der Waals surface area contributed by atoms with Crippen molar-refractivity contribution in [1.82, 2.24) is 0 Å². The average Bonchev–Trinajstić information content (AvgIpc) is 2.53. The lowest BCUT2D eigenvalue weighted by Crippen LogP contribution is -2.09. The molecule has 0 saturated carbocycles. The topological polar surface area (TPSA) is 59.3 Å². The molecule has 0 fully saturated rings. The molecule has 0 amide bonds. The van der Waals surface area contributed by atoms with Crippen LogP contribution in [-0.2, 0) is 22.6 Å². The van der Waals surface area contributed by atoms with Crippen molar-refractivity contribution >= 4 is 5.97 Å². The number of ether oxygens (including phenoxy) is 2. The molecule has 22 heavy (non-hydrogen) atoms. The van der Waals surface area contributed by atoms with Gasteiger partial charge in [0.25, 0.3) is 0 Å². The van der Waals surface area contributed by atoms with Crippen LogP contribution >= 0.6 is 0 Å². The molecule has 4 nitrogen and oxygen atoms in total. The zero-order valence-electron chi connectivity index (χ0n) is 12.6. The van der Waals surface area contributed by atoms with E-state index in [2.05, 4.69) is 0 Å². The number of esters is 1. The molecule has 2 rings (SSSR count). The number of aryl methyl sites for hydroxylation is 1. The summed E-state index contributed by atoms with van der Waals surface area (Å²) in [5, 5.41) is 8.74. The Bertz CT molecular complexity index is 699. The van der Waals surface area contributed by atoms with E-state index >= 15 is 0 Å². The maximum Gasteiger partial charge on any atom is 0.310 e. The molecule has 0 saturated heterocycles. The van der Waals surface area contributed by atoms with Crippen LogP contribution in [0.15, 0.2) is 42.5 Å². The van der Waals surface area contributed by atoms with Crippen LogP contribution in [0.5, 0.6) is 5.75 Å². The fourth-order valence-electron chi connectivity index (χ4n) is 2.09. The monoisotopic (exact) mass is 295 g/mol. The highest BCUT2D eigenvalue weighted by Gasteiger charge is 2.10. The second-order valence-corrected chi connectivity index (χ2v) is 4.96. The van der Waals surface area contributed by atoms with Crippen LogP contribution in [0, 0.1) is 18.3 Å². The maximum atomic E-state index is 12.0. The normalized spacial score (nSPS) is 9.86. The predicted molar refractivity (Wildman–Crippen MR) is 82.4 cm³/mol. The molecule has 0 aliphatic carbocycles. The highest BCUT2D eigenvalue weighted by atomic mass is 16.5. The van der Waals surface area contributed by atoms with Gasteiger partial charge < -0.3 is 9.47 Å². The van der Waals surface area contributed by atoms with Crippen molar-refractivity contribution in [3.05, 3.63) is 64.7 Å². The van der Waals surface area contributed by atoms with Crippen LogP contribution in [0.3, 0.4) is 0 Å². The van der Waals surface area contributed by atoms with Gasteiger partial charge in [-0.25, -0.2) is 0 Å². The third-order valence-electron chi connectivity index (χ3n) is 3.25. The molecule has 0 unspecified atom stereocenters. The van der Waals surface area contributed by atoms with E-state index in [1.54, 1.807) is 31.4 Å². The van der Waals surface area contributed by atoms with Gasteiger partial charge in [0.15, 0.2) is 0 Å². The van der Waals surface area contributed by atoms with E-state index in [9.17, 15) is 4.79 Å². The van der Waals surface area contributed by atoms with E-state index in [1.807, 2.05) is 31.2 Å². The summed E-state index contributed by atoms with van der Waals surface area (Å²) < 4.78 is 10.5. The fourth-order valence-corrected chi connectivity index (χ4v) is 2.09. The van der Waals surface area contributed by atoms with Gasteiger partial charge in [-0.1, -0.05) is 29.8 Å². The molecule has 0 aliphatic heterocycles. The van der Waals surface area contributed by atoms with Crippen molar-refractivity contribution in [3.8, 4) is 11.8 Å². The Kier molecular flexibility index (Phi) is 5.16. The molecular formula is C18H17NO3. The number of hydrogen-bond donors (Lipinski definition) is 0. The lowest BCUT2D eigenvalue weighted by molar-refractivity contribution is -0.144. The molecule has 2 aromatic carbocycles. The smallest absolute Gasteiger partial charge is 0.310 e. The lowest BCUT2D eigenvalue weighted by Gasteiger charge is -2.09. The molecule has 2 aromatic rings. The first-order chi connectivity index (χ1) is 10.6. The first kappa shape index (κ1) is 15.6. The van der Waals surface area contributed by atoms with Gasteiger partial charge in [-0.3, -0.25) is 4.79 Å². The van der Waals surface area contributed by atoms with Crippen molar-refractivity contribution in [2.45, 2.75) is 20.0 Å². The van der Waals surface area contributed by atoms with Crippen molar-refractivity contribution in [2.75, 3.05) is 7.11 Å². The minimum absolute atomic E-state index is 0.168. The van der Waals surface area contributed by atoms with E-state index in [1.165, 1.54) is 0 Å². The first-order valence-corrected chi connectivity index (χ1v) is 6.90. The van der Waals surface area contributed by atoms with Crippen LogP contribution in [0.2, 0.25) is 0 Å². The zero-order valence-corrected chi connectivity index (χ0v) is 12.6. The van der Waals surface area contributed by atoms with E-state index in [-0.39, 0.29) is 19.0 Å². The minimum atomic E-state index is -0.312. The Labute approximate surface area is 129 Å². The summed E-state index contributed by atoms with van der Waals surface area (Å²) in [6, 6.07) is 14.7. The van der Waals surface area contributed by atoms with Crippen LogP contribution in [0.4, 0.5) is 0 Å². The van der Waals surface area contributed by atoms with Gasteiger partial charge in [-0.15, -0.1) is 0 Å². The van der Waals surface area contributed by atoms with Gasteiger partial charge in [0.2, 0.25) is 0 Å². The number of nitrogens with zero attached hydrogens (tertiary/aromatic N) is 1. The van der Waals surface area contributed by atoms with Crippen LogP contribution in [0.25, 0.3) is 0 Å². The Morgan fingerprint density at radius 1 is 1.18 bits per heavy atom. The van der Waals surface area contributed by atoms with E-state index in [0.29, 0.717) is 11.3 Å². The molecule has 0 aliphatic rings. The Hall–Kier alpha value is -2.80. The van der Waals surface area contributed by atoms with Crippen LogP contribution in [0.1, 0.15) is 22.3 Å². The van der Waals surface area contributed by atoms with Gasteiger partial charge >= 0.3 is 5.97 Å². The predicted octanol–water partition coefficient (Wildman–Crippen LogP) is 3.16. The highest BCUT2D eigenvalue weighted by Crippen LogP contribution is 2.20. The number of carbonyl (C=O) groups is 1. The summed E-state index contributed by atoms with van der Waals surface area (Å²) >= 11 is 0. The SMILES string of the molecule is COc1ccc(C)cc1CC(=O)OCc1ccc(C#N)cc1. The second kappa shape index (κ2) is 7.28. The quantitative estimate of drug-likeness (QED) is 0.795. The van der Waals surface area contributed by atoms with Gasteiger partial charge in [-0.2, -0.15) is 5.26 Å². The standard InChI is InChI=1S/C18H17NO3/c1-13-3-8-17(21-2)16(9-13)10-18(20)22-12-15-6-4-14(11-19)5-7-15/h3-9H,10,12H2,1-2H3. The van der Waals surface area contributed by atoms with Crippen molar-refractivity contribution in [1.29, 1.82) is 5.26 Å². The lowest BCUT2D eigenvalue weighted by atomic mass is 10.1. The van der Waals surface area contributed by atoms with E-state index in [4.69, 9.17) is 14.7 Å². The van der Waals surface area contributed by atoms with Crippen molar-refractivity contribution < 1.29 is 14.3 Å². The molecule has 0 N–H and O–H groups in total. The third kappa shape index (κ3) is 4.10. The number of methoxy groups -OCH3 is 1. The minimum Gasteiger partial charge on any atom is -0.496 e. The Morgan fingerprint density at radius 3 is 2.55 bits per heavy atom. The molecule has 0 heterocycles. The molecule has 0 atom stereocenters. The summed E-state index contributed by atoms with van der Waals surface area (Å²) in [6.45, 7) is 2.16. The third-order valence-corrected chi connectivity index (χ3v) is 3.25. The number of hydrogen-bond acceptors (Lipinski definition) is 4. The highest BCUT2D eigenvalue weighted by molar-refractivity contribution is 5.73. The molecule has 0 spiro atoms. The average molecular weight is 295 g/mol. The van der Waals surface area contributed by atoms with Gasteiger partial charge in [0.05, 0.1) is 25.2 Å². The summed E-state index contributed by atoms with van der Waals surface area (Å²) in [4.78, 5) is 12.0. The zero-order chi connectivity index (χ0) is 15.9. The summed E-state index contributed by atoms with van der Waals surface area (Å²) in [5.74, 6) is 0.370. The molecular weight excluding hydrogens is 278 g/mol. The maximum absolute atomic E-state index is 12.0. The van der Waals surface area contributed by atoms with Crippen molar-refractivity contribution in [2.24, 2.45) is 0 Å². The number of carbonyl (C=O) groups excluding carboxylic acids is 1. The molecule has 0 radical (unpaired) electrons. The molecule has 4 heteroatoms. The number of benzene rings is 2. The Morgan fingerprint density at radius 2 is 1.91 bits per heavy atom. The largest absolute Gasteiger partial charge is 0.496 e. The van der Waals surface area contributed by atoms with Gasteiger partial charge in [0, 0.05) is 5.56 Å². The summed E-state index contributed by atoms with van der Waals surface area (Å²) in [7, 11) is 1.58. The van der Waals surface area contributed by atoms with Crippen LogP contribution < -0.4 is 4.74 Å². The summed E-state index contributed by atoms with van der Waals surface area (Å²) in [6.07, 6.45) is 0.168. The van der Waals surface area contributed by atoms with Crippen LogP contribution in [-0.4, -0.2) is 13.1 Å². The van der Waals surface area contributed by atoms with Crippen molar-refractivity contribution in [3.63, 3.8) is 0 Å². The number of nitriles is 1. The molecule has 112 valence electrons. The van der Waals surface area contributed by atoms with E-state index in [0.717, 1.165) is 16.7 Å². The molecule has 0 bridgehead atoms. The number of rotatable bonds is 5. The van der Waals surface area contributed by atoms with E-state index < -0.39 is 0 Å². The van der Waals surface area contributed by atoms with Gasteiger partial charge in [-0.05, 0) is 30.7 Å². The van der Waals surface area contributed by atoms with Gasteiger partial charge in [0.1, 0.15) is 12.4 Å². The first-order valence-electron chi connectivity index (χ1n) is 6.90. The fraction of sp³-hybridized carbons (Fsp3) is 0.222. The Balaban J connectivity index is 1.95. The summed E-state index contributed by atoms with van der Waals surface area (Å²) in [5.41, 5.74) is 3.31. The molecule has 0 aromatic heterocycles.